The SMILES string of the molecule is CCc1ncnc(N2CCN(C(C)C#N)CC2)c1F. The molecule has 1 atom stereocenters. The molecule has 1 fully saturated rings. The van der Waals surface area contributed by atoms with E-state index in [2.05, 4.69) is 20.9 Å². The smallest absolute Gasteiger partial charge is 0.187 e. The Kier molecular flexibility index (Phi) is 4.27. The van der Waals surface area contributed by atoms with Crippen LogP contribution in [0.25, 0.3) is 0 Å². The molecule has 0 amide bonds. The van der Waals surface area contributed by atoms with Crippen molar-refractivity contribution in [1.82, 2.24) is 14.9 Å². The summed E-state index contributed by atoms with van der Waals surface area (Å²) in [7, 11) is 0. The Balaban J connectivity index is 2.08. The zero-order chi connectivity index (χ0) is 13.8. The predicted octanol–water partition coefficient (Wildman–Crippen LogP) is 1.21. The molecule has 1 saturated heterocycles. The first-order chi connectivity index (χ1) is 9.17. The van der Waals surface area contributed by atoms with E-state index in [0.717, 1.165) is 13.1 Å². The van der Waals surface area contributed by atoms with Crippen LogP contribution in [0.2, 0.25) is 0 Å². The van der Waals surface area contributed by atoms with E-state index < -0.39 is 0 Å². The van der Waals surface area contributed by atoms with Gasteiger partial charge in [-0.3, -0.25) is 4.90 Å². The number of hydrogen-bond donors (Lipinski definition) is 0. The first kappa shape index (κ1) is 13.7. The summed E-state index contributed by atoms with van der Waals surface area (Å²) in [6.07, 6.45) is 1.98. The van der Waals surface area contributed by atoms with Crippen LogP contribution in [0.4, 0.5) is 10.2 Å². The molecular formula is C13H18FN5. The fourth-order valence-corrected chi connectivity index (χ4v) is 2.27. The molecule has 0 bridgehead atoms. The molecule has 0 spiro atoms. The monoisotopic (exact) mass is 263 g/mol. The lowest BCUT2D eigenvalue weighted by Gasteiger charge is -2.36. The molecule has 1 unspecified atom stereocenters. The number of nitrogens with zero attached hydrogens (tertiary/aromatic N) is 5. The van der Waals surface area contributed by atoms with Gasteiger partial charge in [0, 0.05) is 26.2 Å². The summed E-state index contributed by atoms with van der Waals surface area (Å²) in [6, 6.07) is 2.13. The third-order valence-electron chi connectivity index (χ3n) is 3.53. The van der Waals surface area contributed by atoms with Crippen molar-refractivity contribution in [3.8, 4) is 6.07 Å². The zero-order valence-electron chi connectivity index (χ0n) is 11.3. The van der Waals surface area contributed by atoms with Gasteiger partial charge in [-0.1, -0.05) is 6.92 Å². The second kappa shape index (κ2) is 5.93. The van der Waals surface area contributed by atoms with Gasteiger partial charge in [-0.2, -0.15) is 5.26 Å². The van der Waals surface area contributed by atoms with Crippen LogP contribution in [0.5, 0.6) is 0 Å². The van der Waals surface area contributed by atoms with Crippen molar-refractivity contribution in [2.24, 2.45) is 0 Å². The second-order valence-electron chi connectivity index (χ2n) is 4.64. The molecule has 1 aliphatic heterocycles. The van der Waals surface area contributed by atoms with Crippen molar-refractivity contribution in [3.63, 3.8) is 0 Å². The first-order valence-electron chi connectivity index (χ1n) is 6.55. The summed E-state index contributed by atoms with van der Waals surface area (Å²) in [5, 5.41) is 8.90. The lowest BCUT2D eigenvalue weighted by atomic mass is 10.2. The molecule has 1 aromatic rings. The van der Waals surface area contributed by atoms with Gasteiger partial charge in [0.1, 0.15) is 6.33 Å². The predicted molar refractivity (Wildman–Crippen MR) is 70.2 cm³/mol. The highest BCUT2D eigenvalue weighted by Crippen LogP contribution is 2.20. The Morgan fingerprint density at radius 3 is 2.63 bits per heavy atom. The third-order valence-corrected chi connectivity index (χ3v) is 3.53. The second-order valence-corrected chi connectivity index (χ2v) is 4.64. The minimum absolute atomic E-state index is 0.0939. The number of anilines is 1. The van der Waals surface area contributed by atoms with Gasteiger partial charge < -0.3 is 4.90 Å². The summed E-state index contributed by atoms with van der Waals surface area (Å²) >= 11 is 0. The van der Waals surface area contributed by atoms with Crippen LogP contribution in [0.3, 0.4) is 0 Å². The molecular weight excluding hydrogens is 245 g/mol. The van der Waals surface area contributed by atoms with E-state index in [1.807, 2.05) is 18.7 Å². The minimum atomic E-state index is -0.313. The topological polar surface area (TPSA) is 56.1 Å². The van der Waals surface area contributed by atoms with Crippen LogP contribution >= 0.6 is 0 Å². The highest BCUT2D eigenvalue weighted by molar-refractivity contribution is 5.41. The van der Waals surface area contributed by atoms with Crippen LogP contribution in [0, 0.1) is 17.1 Å². The van der Waals surface area contributed by atoms with Crippen LogP contribution in [0.1, 0.15) is 19.5 Å². The number of aromatic nitrogens is 2. The molecule has 0 N–H and O–H groups in total. The molecule has 1 aromatic heterocycles. The van der Waals surface area contributed by atoms with Gasteiger partial charge in [0.15, 0.2) is 11.6 Å². The van der Waals surface area contributed by atoms with Gasteiger partial charge in [-0.25, -0.2) is 14.4 Å². The molecule has 2 heterocycles. The Morgan fingerprint density at radius 2 is 2.05 bits per heavy atom. The van der Waals surface area contributed by atoms with Crippen LogP contribution in [-0.4, -0.2) is 47.1 Å². The maximum Gasteiger partial charge on any atom is 0.187 e. The Hall–Kier alpha value is -1.74. The quantitative estimate of drug-likeness (QED) is 0.820. The van der Waals surface area contributed by atoms with E-state index in [1.54, 1.807) is 0 Å². The van der Waals surface area contributed by atoms with E-state index >= 15 is 0 Å². The number of halogens is 1. The summed E-state index contributed by atoms with van der Waals surface area (Å²) in [6.45, 7) is 6.63. The highest BCUT2D eigenvalue weighted by atomic mass is 19.1. The average molecular weight is 263 g/mol. The number of piperazine rings is 1. The fourth-order valence-electron chi connectivity index (χ4n) is 2.27. The molecule has 5 nitrogen and oxygen atoms in total. The minimum Gasteiger partial charge on any atom is -0.352 e. The summed E-state index contributed by atoms with van der Waals surface area (Å²) in [4.78, 5) is 12.0. The van der Waals surface area contributed by atoms with Gasteiger partial charge in [-0.15, -0.1) is 0 Å². The summed E-state index contributed by atoms with van der Waals surface area (Å²) in [5.74, 6) is 0.0721. The van der Waals surface area contributed by atoms with Crippen molar-refractivity contribution in [2.75, 3.05) is 31.1 Å². The van der Waals surface area contributed by atoms with Crippen molar-refractivity contribution >= 4 is 5.82 Å². The van der Waals surface area contributed by atoms with Gasteiger partial charge >= 0.3 is 0 Å². The molecule has 6 heteroatoms. The van der Waals surface area contributed by atoms with Gasteiger partial charge in [0.05, 0.1) is 17.8 Å². The molecule has 0 radical (unpaired) electrons. The lowest BCUT2D eigenvalue weighted by molar-refractivity contribution is 0.230. The maximum absolute atomic E-state index is 14.1. The van der Waals surface area contributed by atoms with E-state index in [9.17, 15) is 4.39 Å². The Morgan fingerprint density at radius 1 is 1.37 bits per heavy atom. The number of aryl methyl sites for hydroxylation is 1. The molecule has 0 aromatic carbocycles. The van der Waals surface area contributed by atoms with Crippen molar-refractivity contribution in [3.05, 3.63) is 17.8 Å². The molecule has 1 aliphatic rings. The van der Waals surface area contributed by atoms with Crippen LogP contribution < -0.4 is 4.90 Å². The van der Waals surface area contributed by atoms with Crippen molar-refractivity contribution < 1.29 is 4.39 Å². The zero-order valence-corrected chi connectivity index (χ0v) is 11.3. The molecule has 0 saturated carbocycles. The largest absolute Gasteiger partial charge is 0.352 e. The highest BCUT2D eigenvalue weighted by Gasteiger charge is 2.24. The summed E-state index contributed by atoms with van der Waals surface area (Å²) in [5.41, 5.74) is 0.456. The number of hydrogen-bond acceptors (Lipinski definition) is 5. The van der Waals surface area contributed by atoms with Gasteiger partial charge in [0.2, 0.25) is 0 Å². The molecule has 0 aliphatic carbocycles. The third kappa shape index (κ3) is 2.82. The normalized spacial score (nSPS) is 18.1. The van der Waals surface area contributed by atoms with Crippen LogP contribution in [-0.2, 0) is 6.42 Å². The number of rotatable bonds is 3. The lowest BCUT2D eigenvalue weighted by Crippen LogP contribution is -2.49. The molecule has 19 heavy (non-hydrogen) atoms. The first-order valence-corrected chi connectivity index (χ1v) is 6.55. The maximum atomic E-state index is 14.1. The van der Waals surface area contributed by atoms with E-state index in [-0.39, 0.29) is 11.9 Å². The van der Waals surface area contributed by atoms with Crippen molar-refractivity contribution in [2.45, 2.75) is 26.3 Å². The Bertz CT molecular complexity index is 476. The number of nitriles is 1. The summed E-state index contributed by atoms with van der Waals surface area (Å²) < 4.78 is 14.1. The molecule has 102 valence electrons. The van der Waals surface area contributed by atoms with E-state index in [0.29, 0.717) is 31.0 Å². The fraction of sp³-hybridized carbons (Fsp3) is 0.615. The molecule has 2 rings (SSSR count). The van der Waals surface area contributed by atoms with Gasteiger partial charge in [-0.05, 0) is 13.3 Å². The van der Waals surface area contributed by atoms with Crippen molar-refractivity contribution in [1.29, 1.82) is 5.26 Å². The average Bonchev–Trinajstić information content (AvgIpc) is 2.47. The van der Waals surface area contributed by atoms with Crippen LogP contribution in [0.15, 0.2) is 6.33 Å². The standard InChI is InChI=1S/C13H18FN5/c1-3-11-12(14)13(17-9-16-11)19-6-4-18(5-7-19)10(2)8-15/h9-10H,3-7H2,1-2H3. The Labute approximate surface area is 112 Å². The van der Waals surface area contributed by atoms with Gasteiger partial charge in [0.25, 0.3) is 0 Å². The van der Waals surface area contributed by atoms with E-state index in [4.69, 9.17) is 5.26 Å². The van der Waals surface area contributed by atoms with E-state index in [1.165, 1.54) is 6.33 Å².